The van der Waals surface area contributed by atoms with Crippen molar-refractivity contribution in [3.05, 3.63) is 53.4 Å². The zero-order valence-corrected chi connectivity index (χ0v) is 9.16. The molecule has 0 saturated heterocycles. The van der Waals surface area contributed by atoms with Crippen LogP contribution in [0.1, 0.15) is 16.8 Å². The molecule has 0 unspecified atom stereocenters. The van der Waals surface area contributed by atoms with Gasteiger partial charge in [-0.3, -0.25) is 0 Å². The van der Waals surface area contributed by atoms with Crippen LogP contribution in [0.3, 0.4) is 0 Å². The minimum absolute atomic E-state index is 0.225. The molecule has 0 radical (unpaired) electrons. The summed E-state index contributed by atoms with van der Waals surface area (Å²) in [6.45, 7) is 1.73. The van der Waals surface area contributed by atoms with Gasteiger partial charge in [-0.15, -0.1) is 0 Å². The van der Waals surface area contributed by atoms with Gasteiger partial charge in [-0.1, -0.05) is 12.0 Å². The molecule has 80 valence electrons. The molecular weight excluding hydrogens is 203 g/mol. The second-order valence-electron chi connectivity index (χ2n) is 3.60. The van der Waals surface area contributed by atoms with Crippen LogP contribution in [0.2, 0.25) is 0 Å². The van der Waals surface area contributed by atoms with Gasteiger partial charge in [-0.2, -0.15) is 0 Å². The van der Waals surface area contributed by atoms with Crippen molar-refractivity contribution in [1.29, 1.82) is 0 Å². The van der Waals surface area contributed by atoms with Gasteiger partial charge in [-0.25, -0.2) is 9.37 Å². The van der Waals surface area contributed by atoms with E-state index in [1.54, 1.807) is 25.5 Å². The van der Waals surface area contributed by atoms with Crippen LogP contribution in [-0.4, -0.2) is 9.55 Å². The lowest BCUT2D eigenvalue weighted by molar-refractivity contribution is 0.618. The monoisotopic (exact) mass is 214 g/mol. The Labute approximate surface area is 93.8 Å². The molecule has 0 amide bonds. The van der Waals surface area contributed by atoms with E-state index in [0.717, 1.165) is 5.69 Å². The van der Waals surface area contributed by atoms with Gasteiger partial charge >= 0.3 is 0 Å². The lowest BCUT2D eigenvalue weighted by Gasteiger charge is -1.95. The van der Waals surface area contributed by atoms with E-state index < -0.39 is 0 Å². The van der Waals surface area contributed by atoms with E-state index in [9.17, 15) is 4.39 Å². The van der Waals surface area contributed by atoms with Gasteiger partial charge in [0.1, 0.15) is 11.5 Å². The van der Waals surface area contributed by atoms with E-state index in [0.29, 0.717) is 11.1 Å². The SMILES string of the molecule is Cc1ccc(C#Cc2cncn2C)cc1F. The van der Waals surface area contributed by atoms with E-state index in [2.05, 4.69) is 16.8 Å². The van der Waals surface area contributed by atoms with Crippen LogP contribution in [0.4, 0.5) is 4.39 Å². The molecule has 1 aromatic heterocycles. The van der Waals surface area contributed by atoms with Gasteiger partial charge in [0.25, 0.3) is 0 Å². The predicted molar refractivity (Wildman–Crippen MR) is 60.3 cm³/mol. The van der Waals surface area contributed by atoms with Crippen LogP contribution in [0.25, 0.3) is 0 Å². The summed E-state index contributed by atoms with van der Waals surface area (Å²) in [5.41, 5.74) is 2.11. The second kappa shape index (κ2) is 4.19. The number of halogens is 1. The van der Waals surface area contributed by atoms with Gasteiger partial charge in [0.05, 0.1) is 12.5 Å². The van der Waals surface area contributed by atoms with E-state index in [1.807, 2.05) is 17.7 Å². The highest BCUT2D eigenvalue weighted by Gasteiger charge is 1.97. The topological polar surface area (TPSA) is 17.8 Å². The zero-order valence-electron chi connectivity index (χ0n) is 9.16. The summed E-state index contributed by atoms with van der Waals surface area (Å²) in [4.78, 5) is 3.95. The summed E-state index contributed by atoms with van der Waals surface area (Å²) >= 11 is 0. The van der Waals surface area contributed by atoms with Gasteiger partial charge in [0.15, 0.2) is 0 Å². The Hall–Kier alpha value is -2.08. The minimum atomic E-state index is -0.225. The third-order valence-corrected chi connectivity index (χ3v) is 2.32. The van der Waals surface area contributed by atoms with Crippen LogP contribution in [0.5, 0.6) is 0 Å². The third kappa shape index (κ3) is 2.12. The van der Waals surface area contributed by atoms with E-state index in [4.69, 9.17) is 0 Å². The maximum Gasteiger partial charge on any atom is 0.127 e. The molecule has 2 nitrogen and oxygen atoms in total. The van der Waals surface area contributed by atoms with E-state index in [-0.39, 0.29) is 5.82 Å². The first kappa shape index (κ1) is 10.4. The first-order valence-electron chi connectivity index (χ1n) is 4.91. The van der Waals surface area contributed by atoms with Crippen molar-refractivity contribution in [2.45, 2.75) is 6.92 Å². The van der Waals surface area contributed by atoms with Crippen molar-refractivity contribution in [2.75, 3.05) is 0 Å². The summed E-state index contributed by atoms with van der Waals surface area (Å²) in [7, 11) is 1.87. The smallest absolute Gasteiger partial charge is 0.127 e. The van der Waals surface area contributed by atoms with Crippen LogP contribution < -0.4 is 0 Å². The lowest BCUT2D eigenvalue weighted by Crippen LogP contribution is -1.88. The molecule has 2 aromatic rings. The van der Waals surface area contributed by atoms with Crippen molar-refractivity contribution in [2.24, 2.45) is 7.05 Å². The molecule has 0 aliphatic rings. The zero-order chi connectivity index (χ0) is 11.5. The fourth-order valence-electron chi connectivity index (χ4n) is 1.28. The molecule has 2 rings (SSSR count). The minimum Gasteiger partial charge on any atom is -0.327 e. The number of benzene rings is 1. The number of hydrogen-bond acceptors (Lipinski definition) is 1. The molecule has 0 fully saturated rings. The fraction of sp³-hybridized carbons (Fsp3) is 0.154. The van der Waals surface area contributed by atoms with Crippen LogP contribution in [0, 0.1) is 24.6 Å². The summed E-state index contributed by atoms with van der Waals surface area (Å²) in [6, 6.07) is 4.98. The molecule has 0 saturated carbocycles. The highest BCUT2D eigenvalue weighted by molar-refractivity contribution is 5.41. The molecule has 0 aliphatic heterocycles. The van der Waals surface area contributed by atoms with E-state index >= 15 is 0 Å². The largest absolute Gasteiger partial charge is 0.327 e. The highest BCUT2D eigenvalue weighted by atomic mass is 19.1. The normalized spacial score (nSPS) is 9.69. The molecule has 3 heteroatoms. The van der Waals surface area contributed by atoms with Crippen molar-refractivity contribution >= 4 is 0 Å². The highest BCUT2D eigenvalue weighted by Crippen LogP contribution is 2.08. The van der Waals surface area contributed by atoms with E-state index in [1.165, 1.54) is 6.07 Å². The number of aryl methyl sites for hydroxylation is 2. The summed E-state index contributed by atoms with van der Waals surface area (Å²) in [5.74, 6) is 5.62. The number of hydrogen-bond donors (Lipinski definition) is 0. The Morgan fingerprint density at radius 3 is 2.75 bits per heavy atom. The van der Waals surface area contributed by atoms with Crippen LogP contribution in [-0.2, 0) is 7.05 Å². The Bertz CT molecular complexity index is 573. The Morgan fingerprint density at radius 2 is 2.12 bits per heavy atom. The lowest BCUT2D eigenvalue weighted by atomic mass is 10.1. The maximum atomic E-state index is 13.2. The molecule has 16 heavy (non-hydrogen) atoms. The third-order valence-electron chi connectivity index (χ3n) is 2.32. The standard InChI is InChI=1S/C13H11FN2/c1-10-3-4-11(7-13(10)14)5-6-12-8-15-9-16(12)2/h3-4,7-9H,1-2H3. The molecule has 1 aromatic carbocycles. The number of nitrogens with zero attached hydrogens (tertiary/aromatic N) is 2. The molecule has 0 atom stereocenters. The average Bonchev–Trinajstić information content (AvgIpc) is 2.66. The number of rotatable bonds is 0. The van der Waals surface area contributed by atoms with Crippen molar-refractivity contribution < 1.29 is 4.39 Å². The van der Waals surface area contributed by atoms with Crippen molar-refractivity contribution in [1.82, 2.24) is 9.55 Å². The van der Waals surface area contributed by atoms with Gasteiger partial charge in [-0.05, 0) is 30.5 Å². The average molecular weight is 214 g/mol. The first-order chi connectivity index (χ1) is 7.66. The van der Waals surface area contributed by atoms with Gasteiger partial charge < -0.3 is 4.57 Å². The Balaban J connectivity index is 2.31. The first-order valence-corrected chi connectivity index (χ1v) is 4.91. The molecule has 0 spiro atoms. The summed E-state index contributed by atoms with van der Waals surface area (Å²) < 4.78 is 15.1. The summed E-state index contributed by atoms with van der Waals surface area (Å²) in [5, 5.41) is 0. The van der Waals surface area contributed by atoms with Gasteiger partial charge in [0.2, 0.25) is 0 Å². The van der Waals surface area contributed by atoms with Crippen LogP contribution >= 0.6 is 0 Å². The van der Waals surface area contributed by atoms with Gasteiger partial charge in [0, 0.05) is 12.6 Å². The number of aromatic nitrogens is 2. The fourth-order valence-corrected chi connectivity index (χ4v) is 1.28. The predicted octanol–water partition coefficient (Wildman–Crippen LogP) is 2.27. The molecule has 1 heterocycles. The quantitative estimate of drug-likeness (QED) is 0.615. The molecule has 0 bridgehead atoms. The van der Waals surface area contributed by atoms with Crippen LogP contribution in [0.15, 0.2) is 30.7 Å². The maximum absolute atomic E-state index is 13.2. The Morgan fingerprint density at radius 1 is 1.31 bits per heavy atom. The Kier molecular flexibility index (Phi) is 2.74. The molecule has 0 N–H and O–H groups in total. The van der Waals surface area contributed by atoms with Crippen molar-refractivity contribution in [3.63, 3.8) is 0 Å². The van der Waals surface area contributed by atoms with Crippen molar-refractivity contribution in [3.8, 4) is 11.8 Å². The summed E-state index contributed by atoms with van der Waals surface area (Å²) in [6.07, 6.45) is 3.36. The second-order valence-corrected chi connectivity index (χ2v) is 3.60. The molecular formula is C13H11FN2. The number of imidazole rings is 1. The molecule has 0 aliphatic carbocycles.